The van der Waals surface area contributed by atoms with Crippen LogP contribution in [0.3, 0.4) is 0 Å². The topological polar surface area (TPSA) is 109 Å². The lowest BCUT2D eigenvalue weighted by Gasteiger charge is -2.46. The average Bonchev–Trinajstić information content (AvgIpc) is 3.81. The second kappa shape index (κ2) is 14.9. The van der Waals surface area contributed by atoms with Crippen LogP contribution in [-0.4, -0.2) is 92.6 Å². The van der Waals surface area contributed by atoms with Gasteiger partial charge in [0, 0.05) is 74.8 Å². The highest BCUT2D eigenvalue weighted by Crippen LogP contribution is 2.52. The van der Waals surface area contributed by atoms with E-state index < -0.39 is 11.2 Å². The second-order valence-electron chi connectivity index (χ2n) is 17.1. The van der Waals surface area contributed by atoms with Crippen LogP contribution in [-0.2, 0) is 19.7 Å². The molecule has 0 atom stereocenters. The summed E-state index contributed by atoms with van der Waals surface area (Å²) in [6.07, 6.45) is 11.1. The number of pyridine rings is 2. The normalized spacial score (nSPS) is 21.8. The van der Waals surface area contributed by atoms with Gasteiger partial charge < -0.3 is 24.4 Å². The van der Waals surface area contributed by atoms with Crippen LogP contribution in [0.4, 0.5) is 21.6 Å². The average molecular weight is 751 g/mol. The second-order valence-corrected chi connectivity index (χ2v) is 17.1. The number of ether oxygens (including phenoxy) is 1. The monoisotopic (exact) mass is 750 g/mol. The molecule has 0 radical (unpaired) electrons. The maximum Gasteiger partial charge on any atom is 0.238 e. The number of unbranched alkanes of at least 4 members (excludes halogenated alkanes) is 1. The van der Waals surface area contributed by atoms with Gasteiger partial charge in [0.15, 0.2) is 11.6 Å². The van der Waals surface area contributed by atoms with Gasteiger partial charge in [0.2, 0.25) is 11.8 Å². The van der Waals surface area contributed by atoms with Crippen LogP contribution in [0.15, 0.2) is 49.1 Å². The quantitative estimate of drug-likeness (QED) is 0.147. The predicted octanol–water partition coefficient (Wildman–Crippen LogP) is 7.63. The molecule has 4 aromatic rings. The summed E-state index contributed by atoms with van der Waals surface area (Å²) in [4.78, 5) is 48.6. The van der Waals surface area contributed by atoms with E-state index in [1.807, 2.05) is 22.5 Å². The number of hydrogen-bond donors (Lipinski definition) is 1. The van der Waals surface area contributed by atoms with Gasteiger partial charge in [-0.3, -0.25) is 19.5 Å². The molecule has 3 fully saturated rings. The molecule has 1 aliphatic carbocycles. The summed E-state index contributed by atoms with van der Waals surface area (Å²) in [6, 6.07) is 10.6. The van der Waals surface area contributed by atoms with Crippen molar-refractivity contribution in [2.24, 2.45) is 5.41 Å². The number of imidazole rings is 1. The Bertz CT molecular complexity index is 2070. The molecule has 1 saturated carbocycles. The summed E-state index contributed by atoms with van der Waals surface area (Å²) in [5, 5.41) is 3.24. The van der Waals surface area contributed by atoms with E-state index in [4.69, 9.17) is 14.7 Å². The van der Waals surface area contributed by atoms with Crippen molar-refractivity contribution >= 4 is 40.0 Å². The Labute approximate surface area is 323 Å². The smallest absolute Gasteiger partial charge is 0.238 e. The van der Waals surface area contributed by atoms with E-state index in [1.54, 1.807) is 18.6 Å². The zero-order chi connectivity index (χ0) is 38.5. The number of aromatic nitrogens is 4. The number of nitrogens with one attached hydrogen (secondary N) is 1. The van der Waals surface area contributed by atoms with Crippen molar-refractivity contribution in [3.8, 4) is 11.3 Å². The number of nitrogens with zero attached hydrogens (tertiary/aromatic N) is 7. The maximum atomic E-state index is 14.9. The first-order valence-electron chi connectivity index (χ1n) is 20.3. The standard InChI is InChI=1S/C43H55FN8O3/c1-6-55-20-8-7-9-38(53)49-18-14-43(15-19-49)32-11-10-29(21-37(32)52(41(43)54)31-22-30(23-31)50-17-13-42(4,5)26-50)35-24-36-39(51(27-46-36)28(2)3)40(48-35)47-34-12-16-45-25-33(34)44/h10-12,16,21,24-25,27-28,30-31H,6-9,13-15,17-20,22-23,26H2,1-5H3,(H,45,47,48)/t30-,31+. The molecular weight excluding hydrogens is 696 g/mol. The van der Waals surface area contributed by atoms with E-state index in [2.05, 4.69) is 66.0 Å². The molecule has 55 heavy (non-hydrogen) atoms. The van der Waals surface area contributed by atoms with Crippen molar-refractivity contribution in [2.75, 3.05) is 49.6 Å². The number of likely N-dealkylation sites (tertiary alicyclic amines) is 2. The van der Waals surface area contributed by atoms with Crippen molar-refractivity contribution in [2.45, 2.75) is 110 Å². The van der Waals surface area contributed by atoms with Gasteiger partial charge in [-0.1, -0.05) is 26.0 Å². The highest BCUT2D eigenvalue weighted by atomic mass is 19.1. The lowest BCUT2D eigenvalue weighted by Crippen LogP contribution is -2.57. The molecule has 0 unspecified atom stereocenters. The van der Waals surface area contributed by atoms with Crippen molar-refractivity contribution in [1.82, 2.24) is 29.3 Å². The molecule has 6 heterocycles. The highest BCUT2D eigenvalue weighted by Gasteiger charge is 2.56. The first-order chi connectivity index (χ1) is 26.5. The third-order valence-electron chi connectivity index (χ3n) is 12.6. The largest absolute Gasteiger partial charge is 0.382 e. The molecule has 2 amide bonds. The molecule has 3 aromatic heterocycles. The zero-order valence-electron chi connectivity index (χ0n) is 33.0. The Hall–Kier alpha value is -4.42. The Morgan fingerprint density at radius 2 is 1.85 bits per heavy atom. The van der Waals surface area contributed by atoms with Crippen LogP contribution in [0.1, 0.15) is 97.6 Å². The summed E-state index contributed by atoms with van der Waals surface area (Å²) in [6.45, 7) is 15.5. The molecule has 0 bridgehead atoms. The van der Waals surface area contributed by atoms with Gasteiger partial charge in [0.1, 0.15) is 5.52 Å². The number of halogens is 1. The van der Waals surface area contributed by atoms with Crippen molar-refractivity contribution in [3.63, 3.8) is 0 Å². The van der Waals surface area contributed by atoms with E-state index in [9.17, 15) is 14.0 Å². The fourth-order valence-corrected chi connectivity index (χ4v) is 9.34. The number of fused-ring (bicyclic) bond motifs is 3. The van der Waals surface area contributed by atoms with Gasteiger partial charge in [-0.25, -0.2) is 14.4 Å². The summed E-state index contributed by atoms with van der Waals surface area (Å²) in [5.41, 5.74) is 5.02. The summed E-state index contributed by atoms with van der Waals surface area (Å²) < 4.78 is 22.4. The van der Waals surface area contributed by atoms with E-state index in [1.165, 1.54) is 12.6 Å². The van der Waals surface area contributed by atoms with E-state index in [0.717, 1.165) is 66.6 Å². The van der Waals surface area contributed by atoms with Crippen LogP contribution < -0.4 is 10.2 Å². The number of anilines is 3. The highest BCUT2D eigenvalue weighted by molar-refractivity contribution is 6.09. The lowest BCUT2D eigenvalue weighted by atomic mass is 9.73. The maximum absolute atomic E-state index is 14.9. The fourth-order valence-electron chi connectivity index (χ4n) is 9.34. The Balaban J connectivity index is 1.12. The van der Waals surface area contributed by atoms with Crippen LogP contribution in [0.25, 0.3) is 22.3 Å². The first kappa shape index (κ1) is 37.5. The van der Waals surface area contributed by atoms with Crippen LogP contribution in [0.5, 0.6) is 0 Å². The zero-order valence-corrected chi connectivity index (χ0v) is 33.0. The van der Waals surface area contributed by atoms with E-state index in [0.29, 0.717) is 68.5 Å². The molecule has 1 aromatic carbocycles. The lowest BCUT2D eigenvalue weighted by molar-refractivity contribution is -0.136. The van der Waals surface area contributed by atoms with Gasteiger partial charge in [0.05, 0.1) is 34.8 Å². The SMILES string of the molecule is CCOCCCCC(=O)N1CCC2(CC1)C(=O)N([C@H]1C[C@@H](N3CCC(C)(C)C3)C1)c1cc(-c3cc4ncn(C(C)C)c4c(Nc4ccncc4F)n3)ccc12. The van der Waals surface area contributed by atoms with Crippen molar-refractivity contribution < 1.29 is 18.7 Å². The number of hydrogen-bond acceptors (Lipinski definition) is 8. The first-order valence-corrected chi connectivity index (χ1v) is 20.3. The van der Waals surface area contributed by atoms with Crippen LogP contribution in [0, 0.1) is 11.2 Å². The van der Waals surface area contributed by atoms with Crippen molar-refractivity contribution in [1.29, 1.82) is 0 Å². The Morgan fingerprint density at radius 1 is 1.05 bits per heavy atom. The summed E-state index contributed by atoms with van der Waals surface area (Å²) in [7, 11) is 0. The van der Waals surface area contributed by atoms with E-state index >= 15 is 0 Å². The minimum atomic E-state index is -0.667. The minimum Gasteiger partial charge on any atom is -0.382 e. The van der Waals surface area contributed by atoms with Gasteiger partial charge >= 0.3 is 0 Å². The summed E-state index contributed by atoms with van der Waals surface area (Å²) >= 11 is 0. The molecule has 8 rings (SSSR count). The predicted molar refractivity (Wildman–Crippen MR) is 213 cm³/mol. The molecule has 4 aliphatic rings. The number of benzene rings is 1. The molecule has 3 aliphatic heterocycles. The number of rotatable bonds is 12. The molecule has 1 spiro atoms. The van der Waals surface area contributed by atoms with Gasteiger partial charge in [-0.2, -0.15) is 0 Å². The number of carbonyl (C=O) groups is 2. The molecule has 1 N–H and O–H groups in total. The van der Waals surface area contributed by atoms with Gasteiger partial charge in [-0.15, -0.1) is 0 Å². The molecular formula is C43H55FN8O3. The number of amides is 2. The molecule has 12 heteroatoms. The molecule has 11 nitrogen and oxygen atoms in total. The van der Waals surface area contributed by atoms with Gasteiger partial charge in [-0.05, 0) is 101 Å². The summed E-state index contributed by atoms with van der Waals surface area (Å²) in [5.74, 6) is 0.361. The fraction of sp³-hybridized carbons (Fsp3) is 0.558. The molecule has 292 valence electrons. The van der Waals surface area contributed by atoms with Crippen LogP contribution >= 0.6 is 0 Å². The van der Waals surface area contributed by atoms with Crippen LogP contribution in [0.2, 0.25) is 0 Å². The Kier molecular flexibility index (Phi) is 10.2. The number of piperidine rings is 1. The minimum absolute atomic E-state index is 0.108. The Morgan fingerprint density at radius 3 is 2.56 bits per heavy atom. The molecule has 2 saturated heterocycles. The third kappa shape index (κ3) is 7.01. The third-order valence-corrected chi connectivity index (χ3v) is 12.6. The van der Waals surface area contributed by atoms with Crippen molar-refractivity contribution in [3.05, 3.63) is 60.4 Å². The van der Waals surface area contributed by atoms with Gasteiger partial charge in [0.25, 0.3) is 0 Å². The number of carbonyl (C=O) groups excluding carboxylic acids is 2. The van der Waals surface area contributed by atoms with E-state index in [-0.39, 0.29) is 29.6 Å².